The van der Waals surface area contributed by atoms with Gasteiger partial charge in [-0.05, 0) is 49.0 Å². The highest BCUT2D eigenvalue weighted by Crippen LogP contribution is 2.22. The second-order valence-corrected chi connectivity index (χ2v) is 6.68. The molecule has 6 nitrogen and oxygen atoms in total. The van der Waals surface area contributed by atoms with Gasteiger partial charge in [0, 0.05) is 16.6 Å². The quantitative estimate of drug-likeness (QED) is 0.733. The van der Waals surface area contributed by atoms with E-state index >= 15 is 0 Å². The summed E-state index contributed by atoms with van der Waals surface area (Å²) in [4.78, 5) is 28.1. The smallest absolute Gasteiger partial charge is 0.269 e. The third-order valence-corrected chi connectivity index (χ3v) is 5.03. The van der Waals surface area contributed by atoms with Crippen molar-refractivity contribution in [2.75, 3.05) is 5.32 Å². The van der Waals surface area contributed by atoms with Crippen LogP contribution in [-0.4, -0.2) is 20.5 Å². The summed E-state index contributed by atoms with van der Waals surface area (Å²) in [5.74, 6) is -0.220. The van der Waals surface area contributed by atoms with Crippen molar-refractivity contribution >= 4 is 34.0 Å². The molecule has 3 aromatic rings. The van der Waals surface area contributed by atoms with Crippen molar-refractivity contribution in [2.24, 2.45) is 0 Å². The number of aryl methyl sites for hydroxylation is 2. The van der Waals surface area contributed by atoms with Crippen LogP contribution in [0.15, 0.2) is 23.0 Å². The first-order chi connectivity index (χ1) is 12.0. The lowest BCUT2D eigenvalue weighted by atomic mass is 10.0. The van der Waals surface area contributed by atoms with E-state index in [0.29, 0.717) is 22.5 Å². The number of benzene rings is 1. The van der Waals surface area contributed by atoms with Crippen molar-refractivity contribution < 1.29 is 4.79 Å². The Kier molecular flexibility index (Phi) is 4.94. The largest absolute Gasteiger partial charge is 0.322 e. The molecular weight excluding hydrogens is 336 g/mol. The molecule has 0 aliphatic carbocycles. The lowest BCUT2D eigenvalue weighted by Crippen LogP contribution is -2.15. The van der Waals surface area contributed by atoms with E-state index in [1.807, 2.05) is 32.9 Å². The fraction of sp³-hybridized carbons (Fsp3) is 0.333. The van der Waals surface area contributed by atoms with Crippen molar-refractivity contribution in [1.29, 1.82) is 0 Å². The normalized spacial score (nSPS) is 11.0. The number of pyridine rings is 1. The molecule has 2 heterocycles. The van der Waals surface area contributed by atoms with Crippen LogP contribution in [0.3, 0.4) is 0 Å². The molecule has 0 aliphatic rings. The summed E-state index contributed by atoms with van der Waals surface area (Å²) >= 11 is 1.10. The molecule has 0 bridgehead atoms. The van der Waals surface area contributed by atoms with Gasteiger partial charge in [-0.25, -0.2) is 0 Å². The molecule has 0 spiro atoms. The average molecular weight is 356 g/mol. The van der Waals surface area contributed by atoms with Gasteiger partial charge in [-0.1, -0.05) is 30.8 Å². The van der Waals surface area contributed by atoms with E-state index in [-0.39, 0.29) is 11.5 Å². The summed E-state index contributed by atoms with van der Waals surface area (Å²) in [6.45, 7) is 5.96. The first kappa shape index (κ1) is 17.3. The van der Waals surface area contributed by atoms with Crippen LogP contribution in [0.4, 0.5) is 5.69 Å². The minimum atomic E-state index is -0.220. The van der Waals surface area contributed by atoms with Crippen LogP contribution in [0.1, 0.15) is 46.8 Å². The monoisotopic (exact) mass is 356 g/mol. The number of nitrogens with one attached hydrogen (secondary N) is 2. The number of carbonyl (C=O) groups is 1. The van der Waals surface area contributed by atoms with Crippen LogP contribution < -0.4 is 10.9 Å². The fourth-order valence-corrected chi connectivity index (χ4v) is 3.58. The molecule has 0 unspecified atom stereocenters. The predicted octanol–water partition coefficient (Wildman–Crippen LogP) is 3.46. The second-order valence-electron chi connectivity index (χ2n) is 5.92. The van der Waals surface area contributed by atoms with Crippen LogP contribution >= 0.6 is 11.5 Å². The number of anilines is 1. The SMILES string of the molecule is CCCc1nnsc1C(=O)Nc1ccc2c(C)c(CC)c(=O)[nH]c2c1. The minimum absolute atomic E-state index is 0.0761. The van der Waals surface area contributed by atoms with Crippen LogP contribution in [0, 0.1) is 6.92 Å². The van der Waals surface area contributed by atoms with Gasteiger partial charge < -0.3 is 10.3 Å². The Balaban J connectivity index is 1.93. The van der Waals surface area contributed by atoms with E-state index in [1.54, 1.807) is 6.07 Å². The van der Waals surface area contributed by atoms with Crippen molar-refractivity contribution in [3.8, 4) is 0 Å². The topological polar surface area (TPSA) is 87.7 Å². The summed E-state index contributed by atoms with van der Waals surface area (Å²) in [7, 11) is 0. The van der Waals surface area contributed by atoms with Crippen LogP contribution in [-0.2, 0) is 12.8 Å². The second kappa shape index (κ2) is 7.14. The van der Waals surface area contributed by atoms with Crippen molar-refractivity contribution in [2.45, 2.75) is 40.0 Å². The summed E-state index contributed by atoms with van der Waals surface area (Å²) in [6.07, 6.45) is 2.32. The molecule has 1 amide bonds. The molecule has 0 saturated heterocycles. The maximum absolute atomic E-state index is 12.5. The van der Waals surface area contributed by atoms with Crippen molar-refractivity contribution in [3.05, 3.63) is 50.3 Å². The van der Waals surface area contributed by atoms with Gasteiger partial charge in [0.25, 0.3) is 11.5 Å². The molecule has 7 heteroatoms. The number of hydrogen-bond donors (Lipinski definition) is 2. The number of fused-ring (bicyclic) bond motifs is 1. The van der Waals surface area contributed by atoms with Gasteiger partial charge in [-0.15, -0.1) is 5.10 Å². The zero-order chi connectivity index (χ0) is 18.0. The Morgan fingerprint density at radius 3 is 2.84 bits per heavy atom. The molecular formula is C18H20N4O2S. The first-order valence-corrected chi connectivity index (χ1v) is 9.10. The van der Waals surface area contributed by atoms with Gasteiger partial charge in [0.1, 0.15) is 4.88 Å². The molecule has 2 aromatic heterocycles. The zero-order valence-corrected chi connectivity index (χ0v) is 15.3. The van der Waals surface area contributed by atoms with E-state index in [4.69, 9.17) is 0 Å². The lowest BCUT2D eigenvalue weighted by Gasteiger charge is -2.10. The molecule has 1 aromatic carbocycles. The van der Waals surface area contributed by atoms with Gasteiger partial charge in [0.15, 0.2) is 0 Å². The Morgan fingerprint density at radius 2 is 2.12 bits per heavy atom. The maximum atomic E-state index is 12.5. The van der Waals surface area contributed by atoms with E-state index in [1.165, 1.54) is 0 Å². The third-order valence-electron chi connectivity index (χ3n) is 4.26. The Hall–Kier alpha value is -2.54. The summed E-state index contributed by atoms with van der Waals surface area (Å²) < 4.78 is 3.88. The van der Waals surface area contributed by atoms with Gasteiger partial charge in [0.05, 0.1) is 11.2 Å². The molecule has 0 aliphatic heterocycles. The summed E-state index contributed by atoms with van der Waals surface area (Å²) in [6, 6.07) is 5.56. The highest BCUT2D eigenvalue weighted by Gasteiger charge is 2.16. The molecule has 130 valence electrons. The van der Waals surface area contributed by atoms with Gasteiger partial charge in [-0.3, -0.25) is 9.59 Å². The Morgan fingerprint density at radius 1 is 1.32 bits per heavy atom. The highest BCUT2D eigenvalue weighted by molar-refractivity contribution is 7.08. The Bertz CT molecular complexity index is 990. The molecule has 0 atom stereocenters. The molecule has 3 rings (SSSR count). The molecule has 0 fully saturated rings. The minimum Gasteiger partial charge on any atom is -0.322 e. The lowest BCUT2D eigenvalue weighted by molar-refractivity contribution is 0.102. The van der Waals surface area contributed by atoms with E-state index in [0.717, 1.165) is 46.6 Å². The first-order valence-electron chi connectivity index (χ1n) is 8.33. The van der Waals surface area contributed by atoms with Crippen LogP contribution in [0.5, 0.6) is 0 Å². The maximum Gasteiger partial charge on any atom is 0.269 e. The summed E-state index contributed by atoms with van der Waals surface area (Å²) in [5.41, 5.74) is 3.78. The zero-order valence-electron chi connectivity index (χ0n) is 14.5. The number of aromatic nitrogens is 3. The number of aromatic amines is 1. The van der Waals surface area contributed by atoms with E-state index in [9.17, 15) is 9.59 Å². The standard InChI is InChI=1S/C18H20N4O2S/c1-4-6-14-16(25-22-21-14)18(24)19-11-7-8-13-10(3)12(5-2)17(23)20-15(13)9-11/h7-9H,4-6H2,1-3H3,(H,19,24)(H,20,23). The number of amides is 1. The highest BCUT2D eigenvalue weighted by atomic mass is 32.1. The number of carbonyl (C=O) groups excluding carboxylic acids is 1. The Labute approximate surface area is 149 Å². The van der Waals surface area contributed by atoms with Gasteiger partial charge >= 0.3 is 0 Å². The van der Waals surface area contributed by atoms with E-state index < -0.39 is 0 Å². The number of H-pyrrole nitrogens is 1. The number of nitrogens with zero attached hydrogens (tertiary/aromatic N) is 2. The van der Waals surface area contributed by atoms with Crippen LogP contribution in [0.2, 0.25) is 0 Å². The average Bonchev–Trinajstić information content (AvgIpc) is 3.04. The number of rotatable bonds is 5. The fourth-order valence-electron chi connectivity index (χ4n) is 2.98. The van der Waals surface area contributed by atoms with Crippen molar-refractivity contribution in [1.82, 2.24) is 14.6 Å². The van der Waals surface area contributed by atoms with E-state index in [2.05, 4.69) is 19.9 Å². The van der Waals surface area contributed by atoms with Crippen molar-refractivity contribution in [3.63, 3.8) is 0 Å². The summed E-state index contributed by atoms with van der Waals surface area (Å²) in [5, 5.41) is 7.88. The molecule has 0 radical (unpaired) electrons. The molecule has 25 heavy (non-hydrogen) atoms. The predicted molar refractivity (Wildman–Crippen MR) is 101 cm³/mol. The van der Waals surface area contributed by atoms with Gasteiger partial charge in [-0.2, -0.15) is 0 Å². The van der Waals surface area contributed by atoms with Crippen LogP contribution in [0.25, 0.3) is 10.9 Å². The molecule has 2 N–H and O–H groups in total. The van der Waals surface area contributed by atoms with Gasteiger partial charge in [0.2, 0.25) is 0 Å². The molecule has 0 saturated carbocycles. The number of hydrogen-bond acceptors (Lipinski definition) is 5. The third kappa shape index (κ3) is 3.32.